The highest BCUT2D eigenvalue weighted by Crippen LogP contribution is 2.33. The molecule has 3 aromatic carbocycles. The van der Waals surface area contributed by atoms with Gasteiger partial charge in [-0.1, -0.05) is 48.5 Å². The third-order valence-electron chi connectivity index (χ3n) is 6.22. The molecule has 4 rings (SSSR count). The monoisotopic (exact) mass is 494 g/mol. The Morgan fingerprint density at radius 3 is 1.83 bits per heavy atom. The lowest BCUT2D eigenvalue weighted by atomic mass is 9.84. The predicted octanol–water partition coefficient (Wildman–Crippen LogP) is 4.49. The topological polar surface area (TPSA) is 101 Å². The Kier molecular flexibility index (Phi) is 9.55. The fraction of sp³-hybridized carbons (Fsp3) is 0.286. The summed E-state index contributed by atoms with van der Waals surface area (Å²) in [5.41, 5.74) is 2.17. The number of carboxylic acids is 2. The lowest BCUT2D eigenvalue weighted by molar-refractivity contribution is -0.159. The van der Waals surface area contributed by atoms with Gasteiger partial charge in [0, 0.05) is 31.0 Å². The van der Waals surface area contributed by atoms with Gasteiger partial charge in [-0.25, -0.2) is 14.0 Å². The van der Waals surface area contributed by atoms with Crippen molar-refractivity contribution in [3.8, 4) is 0 Å². The minimum absolute atomic E-state index is 0.287. The van der Waals surface area contributed by atoms with Crippen LogP contribution < -0.4 is 4.90 Å². The molecule has 0 unspecified atom stereocenters. The lowest BCUT2D eigenvalue weighted by Crippen LogP contribution is -2.43. The molecule has 0 aromatic heterocycles. The van der Waals surface area contributed by atoms with Crippen molar-refractivity contribution < 1.29 is 29.3 Å². The summed E-state index contributed by atoms with van der Waals surface area (Å²) in [6.45, 7) is 3.56. The first-order valence-corrected chi connectivity index (χ1v) is 11.8. The predicted molar refractivity (Wildman–Crippen MR) is 136 cm³/mol. The summed E-state index contributed by atoms with van der Waals surface area (Å²) in [5, 5.41) is 25.8. The quantitative estimate of drug-likeness (QED) is 0.416. The molecular weight excluding hydrogens is 463 g/mol. The first-order valence-electron chi connectivity index (χ1n) is 11.8. The molecule has 1 saturated heterocycles. The van der Waals surface area contributed by atoms with Crippen LogP contribution in [0.25, 0.3) is 0 Å². The van der Waals surface area contributed by atoms with E-state index in [2.05, 4.69) is 58.3 Å². The lowest BCUT2D eigenvalue weighted by Gasteiger charge is -2.39. The van der Waals surface area contributed by atoms with Crippen molar-refractivity contribution in [3.05, 3.63) is 96.3 Å². The average molecular weight is 495 g/mol. The standard InChI is InChI=1S/C26H29FN2O.C2H2O4/c27-23-10-7-9-22(21-23)26(30)15-19-28(20-16-26)17-8-18-29(24-11-3-1-4-12-24)25-13-5-2-6-14-25;3-1(4)2(5)6/h1-7,9-14,21,30H,8,15-20H2;(H,3,4)(H,5,6). The highest BCUT2D eigenvalue weighted by Gasteiger charge is 2.34. The molecule has 8 heteroatoms. The van der Waals surface area contributed by atoms with Gasteiger partial charge in [-0.15, -0.1) is 0 Å². The fourth-order valence-corrected chi connectivity index (χ4v) is 4.29. The van der Waals surface area contributed by atoms with Crippen molar-refractivity contribution in [2.24, 2.45) is 0 Å². The Bertz CT molecular complexity index is 1070. The van der Waals surface area contributed by atoms with E-state index in [4.69, 9.17) is 19.8 Å². The van der Waals surface area contributed by atoms with Crippen LogP contribution in [-0.2, 0) is 15.2 Å². The number of hydrogen-bond acceptors (Lipinski definition) is 5. The molecule has 1 heterocycles. The number of halogens is 1. The van der Waals surface area contributed by atoms with E-state index in [1.807, 2.05) is 18.2 Å². The third-order valence-corrected chi connectivity index (χ3v) is 6.22. The zero-order valence-corrected chi connectivity index (χ0v) is 20.0. The zero-order valence-electron chi connectivity index (χ0n) is 20.0. The zero-order chi connectivity index (χ0) is 26.0. The van der Waals surface area contributed by atoms with Gasteiger partial charge in [0.1, 0.15) is 5.82 Å². The molecular formula is C28H31FN2O5. The van der Waals surface area contributed by atoms with Gasteiger partial charge in [-0.05, 0) is 67.8 Å². The SMILES string of the molecule is O=C(O)C(=O)O.OC1(c2cccc(F)c2)CCN(CCCN(c2ccccc2)c2ccccc2)CC1. The molecule has 3 aromatic rings. The summed E-state index contributed by atoms with van der Waals surface area (Å²) in [6, 6.07) is 27.4. The van der Waals surface area contributed by atoms with Gasteiger partial charge < -0.3 is 25.1 Å². The molecule has 0 atom stereocenters. The van der Waals surface area contributed by atoms with Crippen molar-refractivity contribution in [2.45, 2.75) is 24.9 Å². The van der Waals surface area contributed by atoms with Crippen LogP contribution in [0.2, 0.25) is 0 Å². The number of rotatable bonds is 7. The van der Waals surface area contributed by atoms with E-state index in [9.17, 15) is 9.50 Å². The Morgan fingerprint density at radius 2 is 1.36 bits per heavy atom. The number of carbonyl (C=O) groups is 2. The number of para-hydroxylation sites is 2. The maximum absolute atomic E-state index is 13.6. The van der Waals surface area contributed by atoms with Gasteiger partial charge in [-0.2, -0.15) is 0 Å². The van der Waals surface area contributed by atoms with Gasteiger partial charge in [-0.3, -0.25) is 0 Å². The molecule has 1 aliphatic heterocycles. The highest BCUT2D eigenvalue weighted by molar-refractivity contribution is 6.27. The molecule has 1 fully saturated rings. The van der Waals surface area contributed by atoms with Crippen molar-refractivity contribution in [1.29, 1.82) is 0 Å². The summed E-state index contributed by atoms with van der Waals surface area (Å²) >= 11 is 0. The number of anilines is 2. The van der Waals surface area contributed by atoms with Crippen molar-refractivity contribution in [2.75, 3.05) is 31.1 Å². The normalized spacial score (nSPS) is 14.8. The molecule has 36 heavy (non-hydrogen) atoms. The number of aliphatic hydroxyl groups is 1. The first kappa shape index (κ1) is 26.8. The van der Waals surface area contributed by atoms with Crippen LogP contribution >= 0.6 is 0 Å². The van der Waals surface area contributed by atoms with E-state index in [1.165, 1.54) is 23.5 Å². The molecule has 0 saturated carbocycles. The Morgan fingerprint density at radius 1 is 0.833 bits per heavy atom. The van der Waals surface area contributed by atoms with Gasteiger partial charge in [0.25, 0.3) is 0 Å². The summed E-state index contributed by atoms with van der Waals surface area (Å²) in [7, 11) is 0. The molecule has 1 aliphatic rings. The third kappa shape index (κ3) is 7.63. The summed E-state index contributed by atoms with van der Waals surface area (Å²) in [5.74, 6) is -3.93. The number of benzene rings is 3. The van der Waals surface area contributed by atoms with E-state index in [0.29, 0.717) is 18.4 Å². The van der Waals surface area contributed by atoms with Crippen LogP contribution in [0.15, 0.2) is 84.9 Å². The van der Waals surface area contributed by atoms with Crippen LogP contribution in [0.5, 0.6) is 0 Å². The molecule has 190 valence electrons. The molecule has 0 radical (unpaired) electrons. The van der Waals surface area contributed by atoms with Crippen LogP contribution in [0.1, 0.15) is 24.8 Å². The summed E-state index contributed by atoms with van der Waals surface area (Å²) in [4.78, 5) is 23.0. The second-order valence-corrected chi connectivity index (χ2v) is 8.67. The van der Waals surface area contributed by atoms with Gasteiger partial charge >= 0.3 is 11.9 Å². The van der Waals surface area contributed by atoms with Crippen molar-refractivity contribution in [3.63, 3.8) is 0 Å². The average Bonchev–Trinajstić information content (AvgIpc) is 2.89. The van der Waals surface area contributed by atoms with E-state index in [-0.39, 0.29) is 5.82 Å². The Hall–Kier alpha value is -3.75. The number of carboxylic acid groups (broad SMARTS) is 2. The smallest absolute Gasteiger partial charge is 0.414 e. The maximum Gasteiger partial charge on any atom is 0.414 e. The van der Waals surface area contributed by atoms with E-state index in [1.54, 1.807) is 6.07 Å². The molecule has 0 bridgehead atoms. The van der Waals surface area contributed by atoms with E-state index < -0.39 is 17.5 Å². The largest absolute Gasteiger partial charge is 0.473 e. The molecule has 0 spiro atoms. The molecule has 3 N–H and O–H groups in total. The summed E-state index contributed by atoms with van der Waals surface area (Å²) in [6.07, 6.45) is 2.30. The second-order valence-electron chi connectivity index (χ2n) is 8.67. The number of aliphatic carboxylic acids is 2. The van der Waals surface area contributed by atoms with Crippen LogP contribution in [0, 0.1) is 5.82 Å². The molecule has 0 aliphatic carbocycles. The molecule has 0 amide bonds. The number of likely N-dealkylation sites (tertiary alicyclic amines) is 1. The minimum atomic E-state index is -1.82. The number of nitrogens with zero attached hydrogens (tertiary/aromatic N) is 2. The van der Waals surface area contributed by atoms with Crippen molar-refractivity contribution in [1.82, 2.24) is 4.90 Å². The Balaban J connectivity index is 0.000000538. The Labute approximate surface area is 210 Å². The summed E-state index contributed by atoms with van der Waals surface area (Å²) < 4.78 is 13.6. The maximum atomic E-state index is 13.6. The number of hydrogen-bond donors (Lipinski definition) is 3. The van der Waals surface area contributed by atoms with E-state index >= 15 is 0 Å². The molecule has 7 nitrogen and oxygen atoms in total. The number of piperidine rings is 1. The van der Waals surface area contributed by atoms with Crippen LogP contribution in [-0.4, -0.2) is 58.3 Å². The van der Waals surface area contributed by atoms with Gasteiger partial charge in [0.2, 0.25) is 0 Å². The van der Waals surface area contributed by atoms with Crippen LogP contribution in [0.3, 0.4) is 0 Å². The van der Waals surface area contributed by atoms with Gasteiger partial charge in [0.05, 0.1) is 5.60 Å². The fourth-order valence-electron chi connectivity index (χ4n) is 4.29. The second kappa shape index (κ2) is 12.8. The van der Waals surface area contributed by atoms with Gasteiger partial charge in [0.15, 0.2) is 0 Å². The first-order chi connectivity index (χ1) is 17.3. The van der Waals surface area contributed by atoms with Crippen LogP contribution in [0.4, 0.5) is 15.8 Å². The van der Waals surface area contributed by atoms with E-state index in [0.717, 1.165) is 32.6 Å². The van der Waals surface area contributed by atoms with Crippen molar-refractivity contribution >= 4 is 23.3 Å². The minimum Gasteiger partial charge on any atom is -0.473 e. The highest BCUT2D eigenvalue weighted by atomic mass is 19.1.